The molecule has 0 unspecified atom stereocenters. The SMILES string of the molecule is CCN(CC)c1ccc(N=Nc2c(Cl)cc([N+](=O)[O-])cc2C#N)c(NC(C)=O)c1. The van der Waals surface area contributed by atoms with Crippen LogP contribution in [0.4, 0.5) is 28.4 Å². The molecule has 0 bridgehead atoms. The lowest BCUT2D eigenvalue weighted by Crippen LogP contribution is -2.21. The molecule has 1 amide bonds. The maximum atomic E-state index is 11.6. The van der Waals surface area contributed by atoms with Crippen LogP contribution in [0.3, 0.4) is 0 Å². The monoisotopic (exact) mass is 414 g/mol. The predicted molar refractivity (Wildman–Crippen MR) is 111 cm³/mol. The molecular weight excluding hydrogens is 396 g/mol. The number of benzene rings is 2. The van der Waals surface area contributed by atoms with Gasteiger partial charge in [-0.05, 0) is 32.0 Å². The second kappa shape index (κ2) is 9.61. The van der Waals surface area contributed by atoms with Gasteiger partial charge in [-0.15, -0.1) is 10.2 Å². The molecule has 1 N–H and O–H groups in total. The van der Waals surface area contributed by atoms with Crippen LogP contribution in [-0.4, -0.2) is 23.9 Å². The van der Waals surface area contributed by atoms with Gasteiger partial charge in [-0.2, -0.15) is 5.26 Å². The first-order valence-corrected chi connectivity index (χ1v) is 9.14. The van der Waals surface area contributed by atoms with Crippen LogP contribution in [0.15, 0.2) is 40.6 Å². The molecule has 0 radical (unpaired) electrons. The maximum absolute atomic E-state index is 11.6. The number of anilines is 2. The lowest BCUT2D eigenvalue weighted by molar-refractivity contribution is -0.384. The van der Waals surface area contributed by atoms with Crippen molar-refractivity contribution in [3.63, 3.8) is 0 Å². The first-order chi connectivity index (χ1) is 13.8. The van der Waals surface area contributed by atoms with Gasteiger partial charge in [0, 0.05) is 37.8 Å². The van der Waals surface area contributed by atoms with Crippen molar-refractivity contribution in [1.29, 1.82) is 5.26 Å². The molecule has 0 aromatic heterocycles. The number of amides is 1. The van der Waals surface area contributed by atoms with Gasteiger partial charge < -0.3 is 10.2 Å². The van der Waals surface area contributed by atoms with Gasteiger partial charge >= 0.3 is 0 Å². The van der Waals surface area contributed by atoms with Crippen molar-refractivity contribution in [2.45, 2.75) is 20.8 Å². The molecule has 0 saturated heterocycles. The lowest BCUT2D eigenvalue weighted by atomic mass is 10.2. The second-order valence-corrected chi connectivity index (χ2v) is 6.35. The molecule has 0 heterocycles. The quantitative estimate of drug-likeness (QED) is 0.372. The third-order valence-electron chi connectivity index (χ3n) is 4.06. The van der Waals surface area contributed by atoms with Crippen LogP contribution in [0, 0.1) is 21.4 Å². The average molecular weight is 415 g/mol. The normalized spacial score (nSPS) is 10.6. The fourth-order valence-corrected chi connectivity index (χ4v) is 2.92. The summed E-state index contributed by atoms with van der Waals surface area (Å²) in [5, 5.41) is 31.0. The van der Waals surface area contributed by atoms with E-state index in [4.69, 9.17) is 11.6 Å². The van der Waals surface area contributed by atoms with Crippen LogP contribution in [0.2, 0.25) is 5.02 Å². The molecule has 2 rings (SSSR count). The first-order valence-electron chi connectivity index (χ1n) is 8.77. The van der Waals surface area contributed by atoms with Gasteiger partial charge in [-0.3, -0.25) is 14.9 Å². The number of nitro groups is 1. The highest BCUT2D eigenvalue weighted by Crippen LogP contribution is 2.36. The molecule has 2 aromatic carbocycles. The van der Waals surface area contributed by atoms with Gasteiger partial charge in [0.25, 0.3) is 5.69 Å². The number of hydrogen-bond donors (Lipinski definition) is 1. The van der Waals surface area contributed by atoms with E-state index in [9.17, 15) is 20.2 Å². The number of carbonyl (C=O) groups is 1. The Morgan fingerprint density at radius 3 is 2.52 bits per heavy atom. The van der Waals surface area contributed by atoms with Gasteiger partial charge in [-0.25, -0.2) is 0 Å². The number of nitriles is 1. The fraction of sp³-hybridized carbons (Fsp3) is 0.263. The largest absolute Gasteiger partial charge is 0.372 e. The number of nitrogens with zero attached hydrogens (tertiary/aromatic N) is 5. The van der Waals surface area contributed by atoms with Gasteiger partial charge in [0.05, 0.1) is 21.2 Å². The topological polar surface area (TPSA) is 124 Å². The van der Waals surface area contributed by atoms with Crippen molar-refractivity contribution >= 4 is 45.9 Å². The number of azo groups is 1. The molecule has 0 fully saturated rings. The second-order valence-electron chi connectivity index (χ2n) is 5.95. The van der Waals surface area contributed by atoms with E-state index in [-0.39, 0.29) is 27.9 Å². The Kier molecular flexibility index (Phi) is 7.22. The van der Waals surface area contributed by atoms with E-state index >= 15 is 0 Å². The predicted octanol–water partition coefficient (Wildman–Crippen LogP) is 5.34. The number of rotatable bonds is 7. The van der Waals surface area contributed by atoms with Crippen molar-refractivity contribution in [3.8, 4) is 6.07 Å². The van der Waals surface area contributed by atoms with E-state index < -0.39 is 4.92 Å². The van der Waals surface area contributed by atoms with E-state index in [1.165, 1.54) is 6.92 Å². The van der Waals surface area contributed by atoms with Gasteiger partial charge in [0.2, 0.25) is 5.91 Å². The van der Waals surface area contributed by atoms with Crippen LogP contribution < -0.4 is 10.2 Å². The van der Waals surface area contributed by atoms with Crippen LogP contribution in [-0.2, 0) is 4.79 Å². The van der Waals surface area contributed by atoms with Crippen LogP contribution in [0.1, 0.15) is 26.3 Å². The zero-order chi connectivity index (χ0) is 21.6. The zero-order valence-corrected chi connectivity index (χ0v) is 16.9. The van der Waals surface area contributed by atoms with E-state index in [1.54, 1.807) is 12.1 Å². The Balaban J connectivity index is 2.50. The van der Waals surface area contributed by atoms with Crippen molar-refractivity contribution in [3.05, 3.63) is 51.0 Å². The molecule has 10 heteroatoms. The van der Waals surface area contributed by atoms with Crippen molar-refractivity contribution < 1.29 is 9.72 Å². The Morgan fingerprint density at radius 2 is 1.97 bits per heavy atom. The number of halogens is 1. The van der Waals surface area contributed by atoms with Crippen LogP contribution >= 0.6 is 11.6 Å². The summed E-state index contributed by atoms with van der Waals surface area (Å²) in [5.41, 5.74) is 1.34. The minimum atomic E-state index is -0.644. The van der Waals surface area contributed by atoms with Crippen molar-refractivity contribution in [2.24, 2.45) is 10.2 Å². The number of hydrogen-bond acceptors (Lipinski definition) is 7. The average Bonchev–Trinajstić information content (AvgIpc) is 2.68. The standard InChI is InChI=1S/C19H19ClN6O3/c1-4-25(5-2)14-6-7-17(18(10-14)22-12(3)27)23-24-19-13(11-21)8-15(26(28)29)9-16(19)20/h6-10H,4-5H2,1-3H3,(H,22,27). The molecule has 0 aliphatic rings. The fourth-order valence-electron chi connectivity index (χ4n) is 2.67. The van der Waals surface area contributed by atoms with Crippen molar-refractivity contribution in [1.82, 2.24) is 0 Å². The summed E-state index contributed by atoms with van der Waals surface area (Å²) in [6.45, 7) is 7.01. The number of nitrogens with one attached hydrogen (secondary N) is 1. The summed E-state index contributed by atoms with van der Waals surface area (Å²) >= 11 is 6.07. The van der Waals surface area contributed by atoms with Gasteiger partial charge in [-0.1, -0.05) is 11.6 Å². The summed E-state index contributed by atoms with van der Waals surface area (Å²) in [6, 6.07) is 9.34. The molecular formula is C19H19ClN6O3. The van der Waals surface area contributed by atoms with E-state index in [2.05, 4.69) is 20.4 Å². The smallest absolute Gasteiger partial charge is 0.272 e. The van der Waals surface area contributed by atoms with Gasteiger partial charge in [0.1, 0.15) is 17.4 Å². The molecule has 0 spiro atoms. The summed E-state index contributed by atoms with van der Waals surface area (Å²) in [4.78, 5) is 24.0. The third kappa shape index (κ3) is 5.27. The first kappa shape index (κ1) is 21.8. The number of carbonyl (C=O) groups excluding carboxylic acids is 1. The summed E-state index contributed by atoms with van der Waals surface area (Å²) in [7, 11) is 0. The molecule has 29 heavy (non-hydrogen) atoms. The Morgan fingerprint density at radius 1 is 1.28 bits per heavy atom. The Bertz CT molecular complexity index is 1010. The lowest BCUT2D eigenvalue weighted by Gasteiger charge is -2.22. The Hall–Kier alpha value is -3.51. The highest BCUT2D eigenvalue weighted by Gasteiger charge is 2.16. The van der Waals surface area contributed by atoms with Gasteiger partial charge in [0.15, 0.2) is 0 Å². The van der Waals surface area contributed by atoms with E-state index in [1.807, 2.05) is 26.0 Å². The molecule has 150 valence electrons. The van der Waals surface area contributed by atoms with Crippen molar-refractivity contribution in [2.75, 3.05) is 23.3 Å². The molecule has 2 aromatic rings. The molecule has 0 aliphatic carbocycles. The third-order valence-corrected chi connectivity index (χ3v) is 4.34. The zero-order valence-electron chi connectivity index (χ0n) is 16.1. The minimum Gasteiger partial charge on any atom is -0.372 e. The highest BCUT2D eigenvalue weighted by molar-refractivity contribution is 6.33. The molecule has 0 saturated carbocycles. The number of nitro benzene ring substituents is 1. The van der Waals surface area contributed by atoms with E-state index in [0.29, 0.717) is 11.4 Å². The summed E-state index contributed by atoms with van der Waals surface area (Å²) in [5.74, 6) is -0.274. The van der Waals surface area contributed by atoms with E-state index in [0.717, 1.165) is 30.9 Å². The summed E-state index contributed by atoms with van der Waals surface area (Å²) < 4.78 is 0. The summed E-state index contributed by atoms with van der Waals surface area (Å²) in [6.07, 6.45) is 0. The van der Waals surface area contributed by atoms with Crippen LogP contribution in [0.5, 0.6) is 0 Å². The van der Waals surface area contributed by atoms with Crippen LogP contribution in [0.25, 0.3) is 0 Å². The minimum absolute atomic E-state index is 0.0151. The maximum Gasteiger partial charge on any atom is 0.272 e. The Labute approximate surface area is 172 Å². The number of non-ortho nitro benzene ring substituents is 1. The molecule has 0 atom stereocenters. The highest BCUT2D eigenvalue weighted by atomic mass is 35.5. The molecule has 0 aliphatic heterocycles. The molecule has 9 nitrogen and oxygen atoms in total.